The van der Waals surface area contributed by atoms with E-state index in [1.807, 2.05) is 48.7 Å². The highest BCUT2D eigenvalue weighted by atomic mass is 15.3. The smallest absolute Gasteiger partial charge is 0.235 e. The van der Waals surface area contributed by atoms with Gasteiger partial charge in [0, 0.05) is 28.3 Å². The van der Waals surface area contributed by atoms with E-state index in [1.54, 1.807) is 0 Å². The molecule has 0 saturated carbocycles. The van der Waals surface area contributed by atoms with Crippen LogP contribution in [-0.2, 0) is 0 Å². The molecule has 0 aliphatic carbocycles. The molecular weight excluding hydrogens is 500 g/mol. The molecule has 8 rings (SSSR count). The summed E-state index contributed by atoms with van der Waals surface area (Å²) in [5.41, 5.74) is 11.5. The van der Waals surface area contributed by atoms with Crippen molar-refractivity contribution < 1.29 is 0 Å². The summed E-state index contributed by atoms with van der Waals surface area (Å²) >= 11 is 0. The summed E-state index contributed by atoms with van der Waals surface area (Å²) in [5, 5.41) is 1.10. The van der Waals surface area contributed by atoms with Crippen molar-refractivity contribution in [3.63, 3.8) is 0 Å². The minimum Gasteiger partial charge on any atom is -0.278 e. The maximum absolute atomic E-state index is 5.17. The Labute approximate surface area is 238 Å². The summed E-state index contributed by atoms with van der Waals surface area (Å²) in [5.74, 6) is 0.628. The highest BCUT2D eigenvalue weighted by Gasteiger charge is 2.29. The van der Waals surface area contributed by atoms with Crippen molar-refractivity contribution in [1.29, 1.82) is 0 Å². The molecule has 1 aliphatic heterocycles. The zero-order valence-corrected chi connectivity index (χ0v) is 22.1. The molecule has 0 atom stereocenters. The van der Waals surface area contributed by atoms with E-state index in [0.717, 1.165) is 55.9 Å². The SMILES string of the molecule is c1ccc(-c2cc3c4c(ccnc4c2)N(c2nc(-c4ccccc4)cc(-c4ccccc4)n2)c2ccccc2-3)cc1. The van der Waals surface area contributed by atoms with Gasteiger partial charge < -0.3 is 0 Å². The van der Waals surface area contributed by atoms with Gasteiger partial charge in [0.1, 0.15) is 0 Å². The first kappa shape index (κ1) is 23.3. The molecule has 7 aromatic rings. The van der Waals surface area contributed by atoms with Crippen molar-refractivity contribution in [3.8, 4) is 44.8 Å². The predicted octanol–water partition coefficient (Wildman–Crippen LogP) is 9.48. The lowest BCUT2D eigenvalue weighted by Crippen LogP contribution is -2.18. The standard InChI is InChI=1S/C37H24N4/c1-4-12-25(13-5-1)28-22-30-29-18-10-11-19-34(29)41(35-20-21-38-33(23-28)36(30)35)37-39-31(26-14-6-2-7-15-26)24-32(40-37)27-16-8-3-9-17-27/h1-24H. The third kappa shape index (κ3) is 3.97. The molecule has 192 valence electrons. The second kappa shape index (κ2) is 9.54. The van der Waals surface area contributed by atoms with Crippen LogP contribution in [0.2, 0.25) is 0 Å². The van der Waals surface area contributed by atoms with Crippen LogP contribution >= 0.6 is 0 Å². The van der Waals surface area contributed by atoms with Crippen LogP contribution in [0.4, 0.5) is 17.3 Å². The van der Waals surface area contributed by atoms with Gasteiger partial charge in [0.25, 0.3) is 0 Å². The van der Waals surface area contributed by atoms with Crippen LogP contribution in [0.5, 0.6) is 0 Å². The normalized spacial score (nSPS) is 11.9. The van der Waals surface area contributed by atoms with Gasteiger partial charge in [-0.1, -0.05) is 109 Å². The fourth-order valence-corrected chi connectivity index (χ4v) is 5.76. The molecule has 0 bridgehead atoms. The molecule has 5 aromatic carbocycles. The van der Waals surface area contributed by atoms with Gasteiger partial charge in [0.15, 0.2) is 0 Å². The molecule has 2 aromatic heterocycles. The van der Waals surface area contributed by atoms with Gasteiger partial charge in [-0.25, -0.2) is 9.97 Å². The minimum atomic E-state index is 0.628. The van der Waals surface area contributed by atoms with Crippen molar-refractivity contribution in [1.82, 2.24) is 15.0 Å². The van der Waals surface area contributed by atoms with Crippen molar-refractivity contribution in [2.45, 2.75) is 0 Å². The Balaban J connectivity index is 1.41. The maximum atomic E-state index is 5.17. The lowest BCUT2D eigenvalue weighted by atomic mass is 9.90. The van der Waals surface area contributed by atoms with Gasteiger partial charge >= 0.3 is 0 Å². The maximum Gasteiger partial charge on any atom is 0.235 e. The zero-order valence-electron chi connectivity index (χ0n) is 22.1. The monoisotopic (exact) mass is 524 g/mol. The highest BCUT2D eigenvalue weighted by Crippen LogP contribution is 2.51. The number of aromatic nitrogens is 3. The summed E-state index contributed by atoms with van der Waals surface area (Å²) in [6.45, 7) is 0. The van der Waals surface area contributed by atoms with Gasteiger partial charge in [0.05, 0.1) is 28.3 Å². The summed E-state index contributed by atoms with van der Waals surface area (Å²) in [7, 11) is 0. The van der Waals surface area contributed by atoms with Crippen LogP contribution in [0.3, 0.4) is 0 Å². The third-order valence-electron chi connectivity index (χ3n) is 7.66. The average molecular weight is 525 g/mol. The quantitative estimate of drug-likeness (QED) is 0.230. The Morgan fingerprint density at radius 2 is 1.02 bits per heavy atom. The summed E-state index contributed by atoms with van der Waals surface area (Å²) in [6, 6.07) is 48.2. The number of fused-ring (bicyclic) bond motifs is 2. The number of anilines is 3. The number of rotatable bonds is 4. The molecule has 4 nitrogen and oxygen atoms in total. The van der Waals surface area contributed by atoms with E-state index in [4.69, 9.17) is 15.0 Å². The Morgan fingerprint density at radius 1 is 0.439 bits per heavy atom. The van der Waals surface area contributed by atoms with Crippen molar-refractivity contribution in [2.75, 3.05) is 4.90 Å². The van der Waals surface area contributed by atoms with Gasteiger partial charge in [-0.05, 0) is 47.0 Å². The van der Waals surface area contributed by atoms with E-state index in [2.05, 4.69) is 102 Å². The lowest BCUT2D eigenvalue weighted by Gasteiger charge is -2.32. The van der Waals surface area contributed by atoms with E-state index < -0.39 is 0 Å². The first-order valence-electron chi connectivity index (χ1n) is 13.7. The first-order valence-corrected chi connectivity index (χ1v) is 13.7. The van der Waals surface area contributed by atoms with Crippen LogP contribution in [0, 0.1) is 0 Å². The summed E-state index contributed by atoms with van der Waals surface area (Å²) in [6.07, 6.45) is 1.89. The molecule has 0 N–H and O–H groups in total. The number of pyridine rings is 1. The van der Waals surface area contributed by atoms with E-state index in [9.17, 15) is 0 Å². The van der Waals surface area contributed by atoms with Crippen LogP contribution in [0.1, 0.15) is 0 Å². The van der Waals surface area contributed by atoms with Gasteiger partial charge in [-0.3, -0.25) is 9.88 Å². The van der Waals surface area contributed by atoms with Gasteiger partial charge in [-0.2, -0.15) is 0 Å². The Kier molecular flexibility index (Phi) is 5.42. The third-order valence-corrected chi connectivity index (χ3v) is 7.66. The first-order chi connectivity index (χ1) is 20.3. The van der Waals surface area contributed by atoms with Crippen molar-refractivity contribution in [2.24, 2.45) is 0 Å². The Hall–Kier alpha value is -5.61. The van der Waals surface area contributed by atoms with Crippen LogP contribution < -0.4 is 4.90 Å². The fourth-order valence-electron chi connectivity index (χ4n) is 5.76. The number of nitrogens with zero attached hydrogens (tertiary/aromatic N) is 4. The number of para-hydroxylation sites is 1. The van der Waals surface area contributed by atoms with E-state index >= 15 is 0 Å². The summed E-state index contributed by atoms with van der Waals surface area (Å²) in [4.78, 5) is 17.4. The molecular formula is C37H24N4. The molecule has 0 radical (unpaired) electrons. The zero-order chi connectivity index (χ0) is 27.2. The topological polar surface area (TPSA) is 41.9 Å². The average Bonchev–Trinajstić information content (AvgIpc) is 3.06. The van der Waals surface area contributed by atoms with Crippen LogP contribution in [0.15, 0.2) is 146 Å². The largest absolute Gasteiger partial charge is 0.278 e. The predicted molar refractivity (Wildman–Crippen MR) is 167 cm³/mol. The molecule has 1 aliphatic rings. The molecule has 0 fully saturated rings. The number of benzene rings is 5. The number of hydrogen-bond acceptors (Lipinski definition) is 4. The van der Waals surface area contributed by atoms with Crippen LogP contribution in [0.25, 0.3) is 55.7 Å². The molecule has 3 heterocycles. The minimum absolute atomic E-state index is 0.628. The van der Waals surface area contributed by atoms with Crippen molar-refractivity contribution in [3.05, 3.63) is 146 Å². The summed E-state index contributed by atoms with van der Waals surface area (Å²) < 4.78 is 0. The molecule has 0 amide bonds. The fraction of sp³-hybridized carbons (Fsp3) is 0. The van der Waals surface area contributed by atoms with Gasteiger partial charge in [0.2, 0.25) is 5.95 Å². The molecule has 0 spiro atoms. The Bertz CT molecular complexity index is 1980. The molecule has 41 heavy (non-hydrogen) atoms. The second-order valence-corrected chi connectivity index (χ2v) is 10.1. The van der Waals surface area contributed by atoms with Gasteiger partial charge in [-0.15, -0.1) is 0 Å². The molecule has 0 unspecified atom stereocenters. The second-order valence-electron chi connectivity index (χ2n) is 10.1. The Morgan fingerprint density at radius 3 is 1.68 bits per heavy atom. The van der Waals surface area contributed by atoms with E-state index in [1.165, 1.54) is 11.1 Å². The van der Waals surface area contributed by atoms with E-state index in [0.29, 0.717) is 5.95 Å². The van der Waals surface area contributed by atoms with Crippen LogP contribution in [-0.4, -0.2) is 15.0 Å². The lowest BCUT2D eigenvalue weighted by molar-refractivity contribution is 1.09. The van der Waals surface area contributed by atoms with E-state index in [-0.39, 0.29) is 0 Å². The number of hydrogen-bond donors (Lipinski definition) is 0. The van der Waals surface area contributed by atoms with Crippen molar-refractivity contribution >= 4 is 28.2 Å². The molecule has 4 heteroatoms. The highest BCUT2D eigenvalue weighted by molar-refractivity contribution is 6.13. The molecule has 0 saturated heterocycles.